The molecule has 1 aliphatic carbocycles. The second-order valence-electron chi connectivity index (χ2n) is 8.61. The van der Waals surface area contributed by atoms with Crippen LogP contribution in [-0.2, 0) is 19.4 Å². The number of aromatic nitrogens is 3. The fourth-order valence-corrected chi connectivity index (χ4v) is 4.36. The molecule has 6 nitrogen and oxygen atoms in total. The maximum Gasteiger partial charge on any atom is 0.277 e. The number of hydrogen-bond acceptors (Lipinski definition) is 3. The number of carbonyl (C=O) groups is 1. The molecule has 1 amide bonds. The van der Waals surface area contributed by atoms with Gasteiger partial charge in [0.15, 0.2) is 0 Å². The van der Waals surface area contributed by atoms with Crippen LogP contribution in [0.3, 0.4) is 0 Å². The zero-order valence-electron chi connectivity index (χ0n) is 18.4. The van der Waals surface area contributed by atoms with Gasteiger partial charge in [-0.15, -0.1) is 0 Å². The first-order chi connectivity index (χ1) is 15.5. The lowest BCUT2D eigenvalue weighted by molar-refractivity contribution is 0.102. The van der Waals surface area contributed by atoms with Crippen LogP contribution in [0.25, 0.3) is 5.52 Å². The summed E-state index contributed by atoms with van der Waals surface area (Å²) in [5.74, 6) is -0.149. The van der Waals surface area contributed by atoms with Crippen molar-refractivity contribution in [2.45, 2.75) is 46.1 Å². The van der Waals surface area contributed by atoms with Crippen molar-refractivity contribution in [3.8, 4) is 0 Å². The summed E-state index contributed by atoms with van der Waals surface area (Å²) in [6, 6.07) is 13.3. The predicted molar refractivity (Wildman–Crippen MR) is 126 cm³/mol. The molecule has 2 heterocycles. The Labute approximate surface area is 186 Å². The Morgan fingerprint density at radius 1 is 1.00 bits per heavy atom. The predicted octanol–water partition coefficient (Wildman–Crippen LogP) is 4.29. The van der Waals surface area contributed by atoms with Gasteiger partial charge in [0.25, 0.3) is 11.5 Å². The van der Waals surface area contributed by atoms with E-state index in [-0.39, 0.29) is 11.5 Å². The zero-order chi connectivity index (χ0) is 22.2. The van der Waals surface area contributed by atoms with Gasteiger partial charge in [-0.2, -0.15) is 5.10 Å². The van der Waals surface area contributed by atoms with Crippen LogP contribution < -0.4 is 10.9 Å². The van der Waals surface area contributed by atoms with E-state index >= 15 is 0 Å². The molecular weight excluding hydrogens is 400 g/mol. The van der Waals surface area contributed by atoms with E-state index < -0.39 is 0 Å². The van der Waals surface area contributed by atoms with E-state index in [0.29, 0.717) is 17.6 Å². The molecule has 1 aliphatic rings. The number of nitrogens with zero attached hydrogens (tertiary/aromatic N) is 3. The van der Waals surface area contributed by atoms with Gasteiger partial charge >= 0.3 is 0 Å². The highest BCUT2D eigenvalue weighted by atomic mass is 16.1. The number of aryl methyl sites for hydroxylation is 4. The third-order valence-corrected chi connectivity index (χ3v) is 6.37. The SMILES string of the molecule is Cc1ccc(NC(=O)c2ccc(Cn3ccn4nc5c(c4c3=O)CCCC5)cc2)cc1C. The van der Waals surface area contributed by atoms with Crippen LogP contribution in [0.2, 0.25) is 0 Å². The fourth-order valence-electron chi connectivity index (χ4n) is 4.36. The summed E-state index contributed by atoms with van der Waals surface area (Å²) in [4.78, 5) is 25.7. The molecule has 6 heteroatoms. The van der Waals surface area contributed by atoms with Crippen LogP contribution >= 0.6 is 0 Å². The second kappa shape index (κ2) is 8.11. The molecule has 162 valence electrons. The second-order valence-corrected chi connectivity index (χ2v) is 8.61. The van der Waals surface area contributed by atoms with Gasteiger partial charge in [0.05, 0.1) is 12.2 Å². The van der Waals surface area contributed by atoms with Crippen molar-refractivity contribution in [3.05, 3.63) is 98.7 Å². The molecule has 0 saturated carbocycles. The van der Waals surface area contributed by atoms with E-state index in [1.165, 1.54) is 5.56 Å². The van der Waals surface area contributed by atoms with Gasteiger partial charge < -0.3 is 9.88 Å². The maximum absolute atomic E-state index is 13.1. The van der Waals surface area contributed by atoms with Crippen LogP contribution in [0.1, 0.15) is 51.1 Å². The van der Waals surface area contributed by atoms with Crippen LogP contribution in [0, 0.1) is 13.8 Å². The van der Waals surface area contributed by atoms with E-state index in [1.807, 2.05) is 50.4 Å². The summed E-state index contributed by atoms with van der Waals surface area (Å²) in [5.41, 5.74) is 7.51. The lowest BCUT2D eigenvalue weighted by atomic mass is 9.97. The van der Waals surface area contributed by atoms with Crippen molar-refractivity contribution in [1.82, 2.24) is 14.2 Å². The van der Waals surface area contributed by atoms with E-state index in [2.05, 4.69) is 10.4 Å². The minimum Gasteiger partial charge on any atom is -0.322 e. The first-order valence-corrected chi connectivity index (χ1v) is 11.1. The average Bonchev–Trinajstić information content (AvgIpc) is 3.18. The molecule has 0 fully saturated rings. The van der Waals surface area contributed by atoms with Crippen molar-refractivity contribution in [3.63, 3.8) is 0 Å². The molecule has 0 aliphatic heterocycles. The number of rotatable bonds is 4. The van der Waals surface area contributed by atoms with Gasteiger partial charge in [0.1, 0.15) is 5.52 Å². The summed E-state index contributed by atoms with van der Waals surface area (Å²) in [6.45, 7) is 4.53. The summed E-state index contributed by atoms with van der Waals surface area (Å²) in [6.07, 6.45) is 7.75. The molecule has 0 unspecified atom stereocenters. The van der Waals surface area contributed by atoms with Crippen molar-refractivity contribution in [1.29, 1.82) is 0 Å². The lowest BCUT2D eigenvalue weighted by Crippen LogP contribution is -2.23. The molecule has 0 saturated heterocycles. The Balaban J connectivity index is 1.35. The molecule has 2 aromatic heterocycles. The molecule has 0 atom stereocenters. The number of anilines is 1. The van der Waals surface area contributed by atoms with E-state index in [9.17, 15) is 9.59 Å². The van der Waals surface area contributed by atoms with Crippen molar-refractivity contribution in [2.24, 2.45) is 0 Å². The summed E-state index contributed by atoms with van der Waals surface area (Å²) in [7, 11) is 0. The molecule has 0 spiro atoms. The zero-order valence-corrected chi connectivity index (χ0v) is 18.4. The number of carbonyl (C=O) groups excluding carboxylic acids is 1. The first kappa shape index (κ1) is 20.2. The Hall–Kier alpha value is -3.67. The molecule has 32 heavy (non-hydrogen) atoms. The van der Waals surface area contributed by atoms with Crippen LogP contribution in [0.5, 0.6) is 0 Å². The minimum absolute atomic E-state index is 0.0142. The highest BCUT2D eigenvalue weighted by Crippen LogP contribution is 2.23. The molecule has 4 aromatic rings. The minimum atomic E-state index is -0.149. The molecule has 1 N–H and O–H groups in total. The highest BCUT2D eigenvalue weighted by molar-refractivity contribution is 6.04. The molecular formula is C26H26N4O2. The molecule has 0 radical (unpaired) electrons. The first-order valence-electron chi connectivity index (χ1n) is 11.1. The van der Waals surface area contributed by atoms with Crippen LogP contribution in [0.15, 0.2) is 59.7 Å². The summed E-state index contributed by atoms with van der Waals surface area (Å²) < 4.78 is 3.45. The van der Waals surface area contributed by atoms with Gasteiger partial charge in [-0.3, -0.25) is 9.59 Å². The number of hydrogen-bond donors (Lipinski definition) is 1. The molecule has 5 rings (SSSR count). The van der Waals surface area contributed by atoms with Gasteiger partial charge in [0.2, 0.25) is 0 Å². The number of amides is 1. The fraction of sp³-hybridized carbons (Fsp3) is 0.269. The monoisotopic (exact) mass is 426 g/mol. The van der Waals surface area contributed by atoms with Crippen LogP contribution in [0.4, 0.5) is 5.69 Å². The van der Waals surface area contributed by atoms with Gasteiger partial charge in [-0.05, 0) is 80.5 Å². The number of nitrogens with one attached hydrogen (secondary N) is 1. The third kappa shape index (κ3) is 3.73. The molecule has 2 aromatic carbocycles. The number of fused-ring (bicyclic) bond motifs is 3. The standard InChI is InChI=1S/C26H26N4O2/c1-17-7-12-21(15-18(17)2)27-25(31)20-10-8-19(9-11-20)16-29-13-14-30-24(26(29)32)22-5-3-4-6-23(22)28-30/h7-15H,3-6,16H2,1-2H3,(H,27,31). The van der Waals surface area contributed by atoms with Crippen LogP contribution in [-0.4, -0.2) is 20.1 Å². The van der Waals surface area contributed by atoms with E-state index in [1.54, 1.807) is 27.4 Å². The number of benzene rings is 2. The maximum atomic E-state index is 13.1. The topological polar surface area (TPSA) is 68.4 Å². The third-order valence-electron chi connectivity index (χ3n) is 6.37. The Bertz CT molecular complexity index is 1380. The summed E-state index contributed by atoms with van der Waals surface area (Å²) >= 11 is 0. The van der Waals surface area contributed by atoms with Crippen molar-refractivity contribution < 1.29 is 4.79 Å². The highest BCUT2D eigenvalue weighted by Gasteiger charge is 2.19. The largest absolute Gasteiger partial charge is 0.322 e. The van der Waals surface area contributed by atoms with E-state index in [0.717, 1.165) is 53.8 Å². The summed E-state index contributed by atoms with van der Waals surface area (Å²) in [5, 5.41) is 7.54. The van der Waals surface area contributed by atoms with E-state index in [4.69, 9.17) is 0 Å². The van der Waals surface area contributed by atoms with Crippen molar-refractivity contribution in [2.75, 3.05) is 5.32 Å². The smallest absolute Gasteiger partial charge is 0.277 e. The quantitative estimate of drug-likeness (QED) is 0.529. The Kier molecular flexibility index (Phi) is 5.13. The lowest BCUT2D eigenvalue weighted by Gasteiger charge is -2.10. The van der Waals surface area contributed by atoms with Gasteiger partial charge in [-0.25, -0.2) is 4.52 Å². The van der Waals surface area contributed by atoms with Gasteiger partial charge in [-0.1, -0.05) is 18.2 Å². The molecule has 0 bridgehead atoms. The normalized spacial score (nSPS) is 13.2. The Morgan fingerprint density at radius 3 is 2.56 bits per heavy atom. The van der Waals surface area contributed by atoms with Gasteiger partial charge in [0, 0.05) is 29.2 Å². The van der Waals surface area contributed by atoms with Crippen molar-refractivity contribution >= 4 is 17.1 Å². The Morgan fingerprint density at radius 2 is 1.78 bits per heavy atom. The average molecular weight is 427 g/mol.